The monoisotopic (exact) mass is 285 g/mol. The van der Waals surface area contributed by atoms with Crippen LogP contribution in [0.1, 0.15) is 25.7 Å². The van der Waals surface area contributed by atoms with E-state index >= 15 is 0 Å². The number of carboxylic acids is 1. The Balaban J connectivity index is 1.89. The summed E-state index contributed by atoms with van der Waals surface area (Å²) >= 11 is 0. The molecule has 0 bridgehead atoms. The van der Waals surface area contributed by atoms with Crippen LogP contribution in [0.15, 0.2) is 12.2 Å². The third-order valence-corrected chi connectivity index (χ3v) is 3.08. The zero-order valence-corrected chi connectivity index (χ0v) is 11.8. The number of carbonyl (C=O) groups excluding carboxylic acids is 1. The zero-order valence-electron chi connectivity index (χ0n) is 11.8. The first kappa shape index (κ1) is 16.7. The summed E-state index contributed by atoms with van der Waals surface area (Å²) < 4.78 is 10.2. The number of ether oxygens (including phenoxy) is 2. The van der Waals surface area contributed by atoms with Crippen molar-refractivity contribution in [2.75, 3.05) is 39.5 Å². The minimum Gasteiger partial charge on any atom is -0.478 e. The summed E-state index contributed by atoms with van der Waals surface area (Å²) in [5.74, 6) is -1.74. The highest BCUT2D eigenvalue weighted by Crippen LogP contribution is 2.04. The number of nitrogens with zero attached hydrogens (tertiary/aromatic N) is 1. The number of morpholine rings is 1. The first-order chi connectivity index (χ1) is 9.68. The molecular formula is C14H23NO5. The van der Waals surface area contributed by atoms with Gasteiger partial charge in [0, 0.05) is 25.2 Å². The van der Waals surface area contributed by atoms with E-state index in [2.05, 4.69) is 4.90 Å². The van der Waals surface area contributed by atoms with Crippen molar-refractivity contribution in [3.8, 4) is 0 Å². The number of hydrogen-bond acceptors (Lipinski definition) is 5. The number of carboxylic acid groups (broad SMARTS) is 1. The molecule has 1 N–H and O–H groups in total. The summed E-state index contributed by atoms with van der Waals surface area (Å²) in [6, 6.07) is 0. The Bertz CT molecular complexity index is 324. The topological polar surface area (TPSA) is 76.1 Å². The molecule has 0 aromatic carbocycles. The average molecular weight is 285 g/mol. The van der Waals surface area contributed by atoms with Crippen LogP contribution < -0.4 is 0 Å². The number of carbonyl (C=O) groups is 2. The minimum atomic E-state index is -1.15. The summed E-state index contributed by atoms with van der Waals surface area (Å²) in [5, 5.41) is 8.33. The molecule has 1 aliphatic rings. The van der Waals surface area contributed by atoms with Gasteiger partial charge in [0.25, 0.3) is 0 Å². The fourth-order valence-corrected chi connectivity index (χ4v) is 1.98. The van der Waals surface area contributed by atoms with Gasteiger partial charge in [-0.3, -0.25) is 4.90 Å². The highest BCUT2D eigenvalue weighted by Gasteiger charge is 2.08. The number of unbranched alkanes of at least 4 members (excludes halogenated alkanes) is 3. The molecule has 0 aromatic heterocycles. The van der Waals surface area contributed by atoms with E-state index < -0.39 is 11.9 Å². The molecule has 6 heteroatoms. The van der Waals surface area contributed by atoms with E-state index in [1.807, 2.05) is 0 Å². The van der Waals surface area contributed by atoms with Gasteiger partial charge < -0.3 is 14.6 Å². The van der Waals surface area contributed by atoms with Crippen molar-refractivity contribution in [3.63, 3.8) is 0 Å². The molecule has 0 atom stereocenters. The van der Waals surface area contributed by atoms with Crippen molar-refractivity contribution < 1.29 is 24.2 Å². The van der Waals surface area contributed by atoms with Crippen LogP contribution in [0.2, 0.25) is 0 Å². The van der Waals surface area contributed by atoms with Crippen molar-refractivity contribution in [1.29, 1.82) is 0 Å². The highest BCUT2D eigenvalue weighted by molar-refractivity contribution is 5.90. The van der Waals surface area contributed by atoms with E-state index in [1.165, 1.54) is 0 Å². The third-order valence-electron chi connectivity index (χ3n) is 3.08. The molecule has 114 valence electrons. The van der Waals surface area contributed by atoms with E-state index in [9.17, 15) is 9.59 Å². The SMILES string of the molecule is O=C(O)C=CC(=O)OCCCCCCN1CCOCC1. The Labute approximate surface area is 119 Å². The van der Waals surface area contributed by atoms with Gasteiger partial charge in [-0.1, -0.05) is 12.8 Å². The van der Waals surface area contributed by atoms with Gasteiger partial charge in [0.15, 0.2) is 0 Å². The molecule has 0 spiro atoms. The molecule has 0 saturated carbocycles. The fourth-order valence-electron chi connectivity index (χ4n) is 1.98. The Morgan fingerprint density at radius 2 is 1.80 bits per heavy atom. The molecule has 6 nitrogen and oxygen atoms in total. The molecule has 1 fully saturated rings. The Morgan fingerprint density at radius 1 is 1.10 bits per heavy atom. The van der Waals surface area contributed by atoms with Gasteiger partial charge in [-0.15, -0.1) is 0 Å². The molecular weight excluding hydrogens is 262 g/mol. The molecule has 1 saturated heterocycles. The summed E-state index contributed by atoms with van der Waals surface area (Å²) in [6.07, 6.45) is 5.80. The summed E-state index contributed by atoms with van der Waals surface area (Å²) in [6.45, 7) is 5.16. The fraction of sp³-hybridized carbons (Fsp3) is 0.714. The van der Waals surface area contributed by atoms with Gasteiger partial charge in [-0.05, 0) is 19.4 Å². The Hall–Kier alpha value is -1.40. The van der Waals surface area contributed by atoms with Crippen molar-refractivity contribution in [1.82, 2.24) is 4.90 Å². The molecule has 0 aliphatic carbocycles. The standard InChI is InChI=1S/C14H23NO5/c16-13(17)5-6-14(18)20-10-4-2-1-3-7-15-8-11-19-12-9-15/h5-6H,1-4,7-12H2,(H,16,17). The molecule has 1 rings (SSSR count). The van der Waals surface area contributed by atoms with Crippen LogP contribution in [0.4, 0.5) is 0 Å². The van der Waals surface area contributed by atoms with Gasteiger partial charge in [0.2, 0.25) is 0 Å². The summed E-state index contributed by atoms with van der Waals surface area (Å²) in [7, 11) is 0. The number of rotatable bonds is 9. The zero-order chi connectivity index (χ0) is 14.6. The van der Waals surface area contributed by atoms with Crippen LogP contribution in [0.5, 0.6) is 0 Å². The van der Waals surface area contributed by atoms with Crippen LogP contribution in [-0.4, -0.2) is 61.4 Å². The van der Waals surface area contributed by atoms with Crippen LogP contribution in [0, 0.1) is 0 Å². The Kier molecular flexibility index (Phi) is 8.66. The molecule has 0 amide bonds. The first-order valence-corrected chi connectivity index (χ1v) is 7.06. The first-order valence-electron chi connectivity index (χ1n) is 7.06. The van der Waals surface area contributed by atoms with E-state index in [0.29, 0.717) is 6.61 Å². The van der Waals surface area contributed by atoms with Gasteiger partial charge in [-0.25, -0.2) is 9.59 Å². The normalized spacial score (nSPS) is 16.4. The quantitative estimate of drug-likeness (QED) is 0.388. The van der Waals surface area contributed by atoms with Crippen molar-refractivity contribution in [2.45, 2.75) is 25.7 Å². The lowest BCUT2D eigenvalue weighted by molar-refractivity contribution is -0.138. The molecule has 0 unspecified atom stereocenters. The molecule has 1 aliphatic heterocycles. The predicted octanol–water partition coefficient (Wildman–Crippen LogP) is 1.06. The van der Waals surface area contributed by atoms with E-state index in [4.69, 9.17) is 14.6 Å². The summed E-state index contributed by atoms with van der Waals surface area (Å²) in [4.78, 5) is 23.6. The second-order valence-electron chi connectivity index (χ2n) is 4.71. The van der Waals surface area contributed by atoms with Crippen molar-refractivity contribution in [3.05, 3.63) is 12.2 Å². The second kappa shape index (κ2) is 10.4. The van der Waals surface area contributed by atoms with Gasteiger partial charge >= 0.3 is 11.9 Å². The maximum Gasteiger partial charge on any atom is 0.331 e. The van der Waals surface area contributed by atoms with Crippen molar-refractivity contribution >= 4 is 11.9 Å². The predicted molar refractivity (Wildman–Crippen MR) is 73.5 cm³/mol. The minimum absolute atomic E-state index is 0.348. The second-order valence-corrected chi connectivity index (χ2v) is 4.71. The lowest BCUT2D eigenvalue weighted by Crippen LogP contribution is -2.36. The lowest BCUT2D eigenvalue weighted by Gasteiger charge is -2.26. The summed E-state index contributed by atoms with van der Waals surface area (Å²) in [5.41, 5.74) is 0. The number of aliphatic carboxylic acids is 1. The van der Waals surface area contributed by atoms with Crippen LogP contribution >= 0.6 is 0 Å². The number of hydrogen-bond donors (Lipinski definition) is 1. The largest absolute Gasteiger partial charge is 0.478 e. The lowest BCUT2D eigenvalue weighted by atomic mass is 10.2. The van der Waals surface area contributed by atoms with Gasteiger partial charge in [-0.2, -0.15) is 0 Å². The molecule has 0 radical (unpaired) electrons. The maximum atomic E-state index is 11.1. The van der Waals surface area contributed by atoms with Crippen molar-refractivity contribution in [2.24, 2.45) is 0 Å². The van der Waals surface area contributed by atoms with E-state index in [0.717, 1.165) is 70.7 Å². The van der Waals surface area contributed by atoms with Crippen LogP contribution in [0.25, 0.3) is 0 Å². The average Bonchev–Trinajstić information content (AvgIpc) is 2.45. The molecule has 1 heterocycles. The van der Waals surface area contributed by atoms with Crippen LogP contribution in [-0.2, 0) is 19.1 Å². The van der Waals surface area contributed by atoms with E-state index in [-0.39, 0.29) is 0 Å². The maximum absolute atomic E-state index is 11.1. The third kappa shape index (κ3) is 8.66. The molecule has 20 heavy (non-hydrogen) atoms. The number of esters is 1. The van der Waals surface area contributed by atoms with E-state index in [1.54, 1.807) is 0 Å². The van der Waals surface area contributed by atoms with Gasteiger partial charge in [0.1, 0.15) is 0 Å². The Morgan fingerprint density at radius 3 is 2.50 bits per heavy atom. The van der Waals surface area contributed by atoms with Gasteiger partial charge in [0.05, 0.1) is 19.8 Å². The highest BCUT2D eigenvalue weighted by atomic mass is 16.5. The molecule has 0 aromatic rings. The smallest absolute Gasteiger partial charge is 0.331 e. The van der Waals surface area contributed by atoms with Crippen LogP contribution in [0.3, 0.4) is 0 Å².